The standard InChI is InChI=1S/C20H29N5O2/c1-5-23-11-13-24(14-12-23)16(3)19(26)21-18-15(2)22(4)25(20(18)27)17-9-7-6-8-10-17/h6-10,16H,5,11-14H2,1-4H3,(H,21,26)/p+2/t16-/m1/s1. The van der Waals surface area contributed by atoms with E-state index in [0.29, 0.717) is 5.69 Å². The number of hydrogen-bond donors (Lipinski definition) is 3. The van der Waals surface area contributed by atoms with Crippen LogP contribution in [0.3, 0.4) is 0 Å². The lowest BCUT2D eigenvalue weighted by molar-refractivity contribution is -1.02. The van der Waals surface area contributed by atoms with Gasteiger partial charge in [0, 0.05) is 7.05 Å². The van der Waals surface area contributed by atoms with Crippen LogP contribution < -0.4 is 20.7 Å². The van der Waals surface area contributed by atoms with Gasteiger partial charge in [0.1, 0.15) is 31.9 Å². The summed E-state index contributed by atoms with van der Waals surface area (Å²) in [6.07, 6.45) is 0. The van der Waals surface area contributed by atoms with Crippen LogP contribution in [0.5, 0.6) is 0 Å². The van der Waals surface area contributed by atoms with E-state index in [0.717, 1.165) is 44.1 Å². The molecular formula is C20H31N5O2+2. The Labute approximate surface area is 160 Å². The van der Waals surface area contributed by atoms with Gasteiger partial charge in [-0.1, -0.05) is 18.2 Å². The van der Waals surface area contributed by atoms with Crippen LogP contribution in [0.25, 0.3) is 5.69 Å². The number of quaternary nitrogens is 2. The van der Waals surface area contributed by atoms with Gasteiger partial charge in [-0.3, -0.25) is 14.3 Å². The summed E-state index contributed by atoms with van der Waals surface area (Å²) in [5, 5.41) is 2.91. The molecule has 1 fully saturated rings. The van der Waals surface area contributed by atoms with Gasteiger partial charge in [0.05, 0.1) is 17.9 Å². The van der Waals surface area contributed by atoms with Gasteiger partial charge in [-0.05, 0) is 32.9 Å². The van der Waals surface area contributed by atoms with Crippen molar-refractivity contribution in [2.24, 2.45) is 7.05 Å². The molecule has 1 aromatic carbocycles. The van der Waals surface area contributed by atoms with Gasteiger partial charge in [0.2, 0.25) is 0 Å². The molecule has 1 aliphatic rings. The van der Waals surface area contributed by atoms with E-state index in [-0.39, 0.29) is 17.5 Å². The van der Waals surface area contributed by atoms with Gasteiger partial charge in [-0.15, -0.1) is 0 Å². The monoisotopic (exact) mass is 373 g/mol. The van der Waals surface area contributed by atoms with Crippen LogP contribution in [0, 0.1) is 6.92 Å². The van der Waals surface area contributed by atoms with E-state index in [1.807, 2.05) is 51.2 Å². The molecule has 0 saturated carbocycles. The molecule has 1 amide bonds. The summed E-state index contributed by atoms with van der Waals surface area (Å²) in [5.74, 6) is -0.0871. The van der Waals surface area contributed by atoms with Crippen LogP contribution in [0.15, 0.2) is 35.1 Å². The van der Waals surface area contributed by atoms with Crippen LogP contribution in [-0.4, -0.2) is 54.0 Å². The van der Waals surface area contributed by atoms with E-state index in [1.165, 1.54) is 4.90 Å². The quantitative estimate of drug-likeness (QED) is 0.605. The summed E-state index contributed by atoms with van der Waals surface area (Å²) in [4.78, 5) is 28.7. The summed E-state index contributed by atoms with van der Waals surface area (Å²) in [5.41, 5.74) is 1.71. The third-order valence-corrected chi connectivity index (χ3v) is 5.91. The number of carbonyl (C=O) groups is 1. The normalized spacial score (nSPS) is 21.0. The molecule has 0 unspecified atom stereocenters. The van der Waals surface area contributed by atoms with Crippen LogP contribution in [-0.2, 0) is 11.8 Å². The van der Waals surface area contributed by atoms with Crippen LogP contribution in [0.2, 0.25) is 0 Å². The number of benzene rings is 1. The average molecular weight is 374 g/mol. The number of nitrogens with zero attached hydrogens (tertiary/aromatic N) is 2. The number of anilines is 1. The van der Waals surface area contributed by atoms with Crippen molar-refractivity contribution in [3.05, 3.63) is 46.4 Å². The van der Waals surface area contributed by atoms with Crippen molar-refractivity contribution < 1.29 is 14.6 Å². The second-order valence-electron chi connectivity index (χ2n) is 7.41. The highest BCUT2D eigenvalue weighted by Crippen LogP contribution is 2.13. The number of hydrogen-bond acceptors (Lipinski definition) is 2. The maximum atomic E-state index is 12.9. The lowest BCUT2D eigenvalue weighted by Crippen LogP contribution is -3.29. The molecule has 2 aromatic rings. The van der Waals surface area contributed by atoms with E-state index in [9.17, 15) is 9.59 Å². The van der Waals surface area contributed by atoms with Crippen molar-refractivity contribution in [3.63, 3.8) is 0 Å². The zero-order chi connectivity index (χ0) is 19.6. The predicted octanol–water partition coefficient (Wildman–Crippen LogP) is -1.39. The van der Waals surface area contributed by atoms with Crippen molar-refractivity contribution in [3.8, 4) is 5.69 Å². The predicted molar refractivity (Wildman–Crippen MR) is 106 cm³/mol. The van der Waals surface area contributed by atoms with E-state index in [4.69, 9.17) is 0 Å². The Morgan fingerprint density at radius 1 is 1.19 bits per heavy atom. The fourth-order valence-corrected chi connectivity index (χ4v) is 3.84. The molecule has 0 aliphatic carbocycles. The first-order valence-corrected chi connectivity index (χ1v) is 9.77. The van der Waals surface area contributed by atoms with Gasteiger partial charge < -0.3 is 15.1 Å². The SMILES string of the molecule is CC[NH+]1CC[NH+]([C@H](C)C(=O)Nc2c(C)n(C)n(-c3ccccc3)c2=O)CC1. The van der Waals surface area contributed by atoms with Gasteiger partial charge in [0.15, 0.2) is 6.04 Å². The second-order valence-corrected chi connectivity index (χ2v) is 7.41. The fraction of sp³-hybridized carbons (Fsp3) is 0.500. The first kappa shape index (κ1) is 19.4. The number of nitrogens with one attached hydrogen (secondary N) is 3. The zero-order valence-corrected chi connectivity index (χ0v) is 16.7. The Hall–Kier alpha value is -2.38. The molecule has 7 nitrogen and oxygen atoms in total. The number of rotatable bonds is 5. The lowest BCUT2D eigenvalue weighted by atomic mass is 10.2. The molecule has 0 radical (unpaired) electrons. The Morgan fingerprint density at radius 3 is 2.41 bits per heavy atom. The Bertz CT molecular complexity index is 847. The highest BCUT2D eigenvalue weighted by atomic mass is 16.2. The Morgan fingerprint density at radius 2 is 1.81 bits per heavy atom. The molecular weight excluding hydrogens is 342 g/mol. The third-order valence-electron chi connectivity index (χ3n) is 5.91. The zero-order valence-electron chi connectivity index (χ0n) is 16.7. The number of amides is 1. The number of piperazine rings is 1. The molecule has 146 valence electrons. The average Bonchev–Trinajstić information content (AvgIpc) is 2.91. The summed E-state index contributed by atoms with van der Waals surface area (Å²) in [6.45, 7) is 11.3. The molecule has 27 heavy (non-hydrogen) atoms. The molecule has 3 N–H and O–H groups in total. The first-order valence-electron chi connectivity index (χ1n) is 9.77. The Balaban J connectivity index is 1.78. The van der Waals surface area contributed by atoms with E-state index in [1.54, 1.807) is 14.3 Å². The number of carbonyl (C=O) groups excluding carboxylic acids is 1. The minimum absolute atomic E-state index is 0.0871. The topological polar surface area (TPSA) is 64.9 Å². The van der Waals surface area contributed by atoms with Crippen molar-refractivity contribution in [2.45, 2.75) is 26.8 Å². The molecule has 7 heteroatoms. The van der Waals surface area contributed by atoms with Crippen molar-refractivity contribution in [1.29, 1.82) is 0 Å². The summed E-state index contributed by atoms with van der Waals surface area (Å²) < 4.78 is 3.38. The number of aromatic nitrogens is 2. The first-order chi connectivity index (χ1) is 12.9. The van der Waals surface area contributed by atoms with Crippen molar-refractivity contribution in [2.75, 3.05) is 38.0 Å². The molecule has 1 atom stereocenters. The minimum atomic E-state index is -0.197. The minimum Gasteiger partial charge on any atom is -0.326 e. The van der Waals surface area contributed by atoms with E-state index < -0.39 is 0 Å². The lowest BCUT2D eigenvalue weighted by Gasteiger charge is -2.32. The number of para-hydroxylation sites is 1. The Kier molecular flexibility index (Phi) is 5.82. The van der Waals surface area contributed by atoms with Crippen LogP contribution in [0.4, 0.5) is 5.69 Å². The molecule has 3 rings (SSSR count). The molecule has 1 aromatic heterocycles. The van der Waals surface area contributed by atoms with Crippen molar-refractivity contribution >= 4 is 11.6 Å². The molecule has 0 bridgehead atoms. The third kappa shape index (κ3) is 3.84. The van der Waals surface area contributed by atoms with E-state index >= 15 is 0 Å². The smallest absolute Gasteiger partial charge is 0.295 e. The maximum Gasteiger partial charge on any atom is 0.295 e. The van der Waals surface area contributed by atoms with E-state index in [2.05, 4.69) is 12.2 Å². The van der Waals surface area contributed by atoms with Crippen LogP contribution >= 0.6 is 0 Å². The van der Waals surface area contributed by atoms with Gasteiger partial charge >= 0.3 is 0 Å². The highest BCUT2D eigenvalue weighted by Gasteiger charge is 2.31. The van der Waals surface area contributed by atoms with Gasteiger partial charge in [-0.2, -0.15) is 0 Å². The van der Waals surface area contributed by atoms with Gasteiger partial charge in [0.25, 0.3) is 11.5 Å². The van der Waals surface area contributed by atoms with Crippen molar-refractivity contribution in [1.82, 2.24) is 9.36 Å². The molecule has 1 saturated heterocycles. The summed E-state index contributed by atoms with van der Waals surface area (Å²) in [7, 11) is 1.83. The molecule has 0 spiro atoms. The largest absolute Gasteiger partial charge is 0.326 e. The maximum absolute atomic E-state index is 12.9. The molecule has 1 aliphatic heterocycles. The fourth-order valence-electron chi connectivity index (χ4n) is 3.84. The molecule has 2 heterocycles. The van der Waals surface area contributed by atoms with Crippen LogP contribution in [0.1, 0.15) is 19.5 Å². The van der Waals surface area contributed by atoms with Gasteiger partial charge in [-0.25, -0.2) is 4.68 Å². The summed E-state index contributed by atoms with van der Waals surface area (Å²) >= 11 is 0. The highest BCUT2D eigenvalue weighted by molar-refractivity contribution is 5.94. The number of likely N-dealkylation sites (N-methyl/N-ethyl adjacent to an activating group) is 1. The second kappa shape index (κ2) is 8.10. The summed E-state index contributed by atoms with van der Waals surface area (Å²) in [6, 6.07) is 9.30.